The third-order valence-electron chi connectivity index (χ3n) is 4.44. The molecule has 19 heavy (non-hydrogen) atoms. The molecule has 1 nitrogen and oxygen atoms in total. The highest BCUT2D eigenvalue weighted by Crippen LogP contribution is 2.30. The van der Waals surface area contributed by atoms with Crippen LogP contribution in [0.3, 0.4) is 0 Å². The molecule has 0 heterocycles. The lowest BCUT2D eigenvalue weighted by molar-refractivity contribution is 0.204. The fourth-order valence-electron chi connectivity index (χ4n) is 3.25. The Kier molecular flexibility index (Phi) is 5.47. The first-order valence-corrected chi connectivity index (χ1v) is 8.35. The minimum absolute atomic E-state index is 0.696. The normalized spacial score (nSPS) is 23.8. The third-order valence-corrected chi connectivity index (χ3v) is 5.18. The zero-order valence-corrected chi connectivity index (χ0v) is 14.0. The Bertz CT molecular complexity index is 414. The van der Waals surface area contributed by atoms with Crippen molar-refractivity contribution in [2.45, 2.75) is 59.0 Å². The SMILES string of the molecule is Cc1ccc(CNC2CCCCC2C(C)C)c(Br)c1. The first-order valence-electron chi connectivity index (χ1n) is 7.56. The van der Waals surface area contributed by atoms with E-state index in [4.69, 9.17) is 0 Å². The van der Waals surface area contributed by atoms with Crippen LogP contribution in [0.4, 0.5) is 0 Å². The van der Waals surface area contributed by atoms with Gasteiger partial charge in [0.05, 0.1) is 0 Å². The Balaban J connectivity index is 1.96. The summed E-state index contributed by atoms with van der Waals surface area (Å²) >= 11 is 3.68. The van der Waals surface area contributed by atoms with Crippen LogP contribution in [0.2, 0.25) is 0 Å². The molecule has 2 heteroatoms. The van der Waals surface area contributed by atoms with E-state index in [0.29, 0.717) is 6.04 Å². The van der Waals surface area contributed by atoms with Gasteiger partial charge in [-0.3, -0.25) is 0 Å². The van der Waals surface area contributed by atoms with E-state index in [1.807, 2.05) is 0 Å². The van der Waals surface area contributed by atoms with Crippen LogP contribution in [0.5, 0.6) is 0 Å². The largest absolute Gasteiger partial charge is 0.310 e. The maximum atomic E-state index is 3.80. The highest BCUT2D eigenvalue weighted by molar-refractivity contribution is 9.10. The number of aryl methyl sites for hydroxylation is 1. The maximum Gasteiger partial charge on any atom is 0.0222 e. The van der Waals surface area contributed by atoms with Crippen LogP contribution in [-0.4, -0.2) is 6.04 Å². The van der Waals surface area contributed by atoms with Gasteiger partial charge < -0.3 is 5.32 Å². The topological polar surface area (TPSA) is 12.0 Å². The molecule has 0 spiro atoms. The summed E-state index contributed by atoms with van der Waals surface area (Å²) in [6.45, 7) is 7.85. The van der Waals surface area contributed by atoms with Crippen LogP contribution in [0.1, 0.15) is 50.7 Å². The number of rotatable bonds is 4. The Morgan fingerprint density at radius 3 is 2.68 bits per heavy atom. The van der Waals surface area contributed by atoms with Gasteiger partial charge in [-0.1, -0.05) is 54.8 Å². The highest BCUT2D eigenvalue weighted by atomic mass is 79.9. The fourth-order valence-corrected chi connectivity index (χ4v) is 3.88. The van der Waals surface area contributed by atoms with Crippen LogP contribution in [0, 0.1) is 18.8 Å². The van der Waals surface area contributed by atoms with Gasteiger partial charge in [0, 0.05) is 17.1 Å². The quantitative estimate of drug-likeness (QED) is 0.816. The molecule has 0 amide bonds. The molecule has 0 aliphatic heterocycles. The molecular weight excluding hydrogens is 298 g/mol. The molecule has 1 aromatic rings. The van der Waals surface area contributed by atoms with Crippen molar-refractivity contribution in [3.63, 3.8) is 0 Å². The van der Waals surface area contributed by atoms with Gasteiger partial charge >= 0.3 is 0 Å². The fraction of sp³-hybridized carbons (Fsp3) is 0.647. The molecule has 1 aliphatic rings. The molecule has 1 fully saturated rings. The highest BCUT2D eigenvalue weighted by Gasteiger charge is 2.26. The second-order valence-electron chi connectivity index (χ2n) is 6.27. The van der Waals surface area contributed by atoms with Crippen molar-refractivity contribution in [3.05, 3.63) is 33.8 Å². The van der Waals surface area contributed by atoms with Crippen molar-refractivity contribution in [2.24, 2.45) is 11.8 Å². The summed E-state index contributed by atoms with van der Waals surface area (Å²) in [5.74, 6) is 1.64. The van der Waals surface area contributed by atoms with Gasteiger partial charge in [0.25, 0.3) is 0 Å². The zero-order chi connectivity index (χ0) is 13.8. The molecule has 1 N–H and O–H groups in total. The van der Waals surface area contributed by atoms with E-state index in [-0.39, 0.29) is 0 Å². The van der Waals surface area contributed by atoms with Crippen molar-refractivity contribution in [1.29, 1.82) is 0 Å². The molecule has 106 valence electrons. The summed E-state index contributed by atoms with van der Waals surface area (Å²) in [5, 5.41) is 3.80. The van der Waals surface area contributed by atoms with Crippen LogP contribution in [-0.2, 0) is 6.54 Å². The van der Waals surface area contributed by atoms with Crippen LogP contribution in [0.15, 0.2) is 22.7 Å². The summed E-state index contributed by atoms with van der Waals surface area (Å²) in [6.07, 6.45) is 5.53. The van der Waals surface area contributed by atoms with Crippen molar-refractivity contribution in [2.75, 3.05) is 0 Å². The molecule has 0 bridgehead atoms. The van der Waals surface area contributed by atoms with E-state index >= 15 is 0 Å². The lowest BCUT2D eigenvalue weighted by Gasteiger charge is -2.35. The first-order chi connectivity index (χ1) is 9.08. The van der Waals surface area contributed by atoms with Crippen molar-refractivity contribution < 1.29 is 0 Å². The Morgan fingerprint density at radius 2 is 2.00 bits per heavy atom. The van der Waals surface area contributed by atoms with E-state index in [2.05, 4.69) is 60.2 Å². The lowest BCUT2D eigenvalue weighted by Crippen LogP contribution is -2.40. The van der Waals surface area contributed by atoms with E-state index in [1.165, 1.54) is 41.3 Å². The van der Waals surface area contributed by atoms with Gasteiger partial charge in [-0.2, -0.15) is 0 Å². The standard InChI is InChI=1S/C17H26BrN/c1-12(2)15-6-4-5-7-17(15)19-11-14-9-8-13(3)10-16(14)18/h8-10,12,15,17,19H,4-7,11H2,1-3H3. The van der Waals surface area contributed by atoms with Crippen molar-refractivity contribution in [3.8, 4) is 0 Å². The zero-order valence-electron chi connectivity index (χ0n) is 12.4. The Morgan fingerprint density at radius 1 is 1.26 bits per heavy atom. The minimum Gasteiger partial charge on any atom is -0.310 e. The predicted octanol–water partition coefficient (Wildman–Crippen LogP) is 5.06. The third kappa shape index (κ3) is 4.06. The van der Waals surface area contributed by atoms with Gasteiger partial charge in [-0.15, -0.1) is 0 Å². The van der Waals surface area contributed by atoms with E-state index in [1.54, 1.807) is 0 Å². The second kappa shape index (κ2) is 6.90. The van der Waals surface area contributed by atoms with E-state index in [9.17, 15) is 0 Å². The van der Waals surface area contributed by atoms with Crippen LogP contribution < -0.4 is 5.32 Å². The first kappa shape index (κ1) is 15.1. The van der Waals surface area contributed by atoms with Gasteiger partial charge in [0.2, 0.25) is 0 Å². The molecule has 1 aromatic carbocycles. The van der Waals surface area contributed by atoms with Gasteiger partial charge in [-0.25, -0.2) is 0 Å². The molecule has 0 aromatic heterocycles. The summed E-state index contributed by atoms with van der Waals surface area (Å²) in [6, 6.07) is 7.34. The molecular formula is C17H26BrN. The second-order valence-corrected chi connectivity index (χ2v) is 7.13. The summed E-state index contributed by atoms with van der Waals surface area (Å²) in [5.41, 5.74) is 2.69. The van der Waals surface area contributed by atoms with Crippen molar-refractivity contribution >= 4 is 15.9 Å². The van der Waals surface area contributed by atoms with Gasteiger partial charge in [0.15, 0.2) is 0 Å². The number of benzene rings is 1. The lowest BCUT2D eigenvalue weighted by atomic mass is 9.78. The van der Waals surface area contributed by atoms with E-state index in [0.717, 1.165) is 18.4 Å². The van der Waals surface area contributed by atoms with Gasteiger partial charge in [0.1, 0.15) is 0 Å². The molecule has 0 radical (unpaired) electrons. The average molecular weight is 324 g/mol. The monoisotopic (exact) mass is 323 g/mol. The average Bonchev–Trinajstić information content (AvgIpc) is 2.38. The smallest absolute Gasteiger partial charge is 0.0222 e. The molecule has 1 saturated carbocycles. The van der Waals surface area contributed by atoms with Crippen molar-refractivity contribution in [1.82, 2.24) is 5.32 Å². The maximum absolute atomic E-state index is 3.80. The molecule has 1 aliphatic carbocycles. The van der Waals surface area contributed by atoms with Crippen LogP contribution in [0.25, 0.3) is 0 Å². The number of halogens is 1. The molecule has 2 unspecified atom stereocenters. The molecule has 0 saturated heterocycles. The molecule has 2 rings (SSSR count). The number of hydrogen-bond acceptors (Lipinski definition) is 1. The predicted molar refractivity (Wildman–Crippen MR) is 86.3 cm³/mol. The van der Waals surface area contributed by atoms with Gasteiger partial charge in [-0.05, 0) is 48.8 Å². The van der Waals surface area contributed by atoms with Crippen LogP contribution >= 0.6 is 15.9 Å². The summed E-state index contributed by atoms with van der Waals surface area (Å²) < 4.78 is 1.23. The summed E-state index contributed by atoms with van der Waals surface area (Å²) in [4.78, 5) is 0. The Hall–Kier alpha value is -0.340. The van der Waals surface area contributed by atoms with E-state index < -0.39 is 0 Å². The Labute approximate surface area is 126 Å². The minimum atomic E-state index is 0.696. The molecule has 2 atom stereocenters. The number of hydrogen-bond donors (Lipinski definition) is 1. The number of nitrogens with one attached hydrogen (secondary N) is 1. The summed E-state index contributed by atoms with van der Waals surface area (Å²) in [7, 11) is 0.